The molecule has 1 aromatic heterocycles. The van der Waals surface area contributed by atoms with Crippen LogP contribution in [0.2, 0.25) is 0 Å². The lowest BCUT2D eigenvalue weighted by atomic mass is 10.4. The molecule has 2 N–H and O–H groups in total. The number of aliphatic hydroxyl groups excluding tert-OH is 1. The Kier molecular flexibility index (Phi) is 3.07. The van der Waals surface area contributed by atoms with E-state index in [0.29, 0.717) is 6.54 Å². The van der Waals surface area contributed by atoms with Crippen molar-refractivity contribution in [1.82, 2.24) is 15.1 Å². The fourth-order valence-electron chi connectivity index (χ4n) is 0.927. The standard InChI is InChI=1S/C7H13N3O/c1-8-4-7-5-9-10(6-7)2-3-11/h5-6,8,11H,2-4H2,1H3. The molecule has 0 unspecified atom stereocenters. The number of hydrogen-bond acceptors (Lipinski definition) is 3. The van der Waals surface area contributed by atoms with Crippen LogP contribution in [0.15, 0.2) is 12.4 Å². The summed E-state index contributed by atoms with van der Waals surface area (Å²) < 4.78 is 1.73. The van der Waals surface area contributed by atoms with Crippen LogP contribution in [0.3, 0.4) is 0 Å². The molecule has 4 nitrogen and oxygen atoms in total. The first-order valence-corrected chi connectivity index (χ1v) is 3.63. The topological polar surface area (TPSA) is 50.1 Å². The molecule has 0 spiro atoms. The van der Waals surface area contributed by atoms with Gasteiger partial charge in [0, 0.05) is 18.3 Å². The first kappa shape index (κ1) is 8.23. The minimum atomic E-state index is 0.140. The van der Waals surface area contributed by atoms with Gasteiger partial charge < -0.3 is 10.4 Å². The van der Waals surface area contributed by atoms with Gasteiger partial charge in [0.1, 0.15) is 0 Å². The van der Waals surface area contributed by atoms with Gasteiger partial charge in [0.15, 0.2) is 0 Å². The van der Waals surface area contributed by atoms with E-state index in [1.54, 1.807) is 10.9 Å². The molecule has 62 valence electrons. The van der Waals surface area contributed by atoms with E-state index in [1.807, 2.05) is 13.2 Å². The zero-order chi connectivity index (χ0) is 8.10. The summed E-state index contributed by atoms with van der Waals surface area (Å²) in [4.78, 5) is 0. The van der Waals surface area contributed by atoms with Crippen LogP contribution in [-0.2, 0) is 13.1 Å². The largest absolute Gasteiger partial charge is 0.394 e. The SMILES string of the molecule is CNCc1cnn(CCO)c1. The van der Waals surface area contributed by atoms with Gasteiger partial charge in [-0.2, -0.15) is 5.10 Å². The first-order chi connectivity index (χ1) is 5.36. The highest BCUT2D eigenvalue weighted by Gasteiger charge is 1.94. The molecule has 0 saturated carbocycles. The third-order valence-corrected chi connectivity index (χ3v) is 1.40. The summed E-state index contributed by atoms with van der Waals surface area (Å²) in [5.41, 5.74) is 1.14. The number of nitrogens with zero attached hydrogens (tertiary/aromatic N) is 2. The molecule has 0 saturated heterocycles. The number of aromatic nitrogens is 2. The van der Waals surface area contributed by atoms with Gasteiger partial charge in [0.05, 0.1) is 19.3 Å². The fourth-order valence-corrected chi connectivity index (χ4v) is 0.927. The first-order valence-electron chi connectivity index (χ1n) is 3.63. The van der Waals surface area contributed by atoms with Crippen molar-refractivity contribution in [3.05, 3.63) is 18.0 Å². The monoisotopic (exact) mass is 155 g/mol. The van der Waals surface area contributed by atoms with Crippen molar-refractivity contribution in [2.45, 2.75) is 13.1 Å². The van der Waals surface area contributed by atoms with Crippen molar-refractivity contribution < 1.29 is 5.11 Å². The third-order valence-electron chi connectivity index (χ3n) is 1.40. The number of aliphatic hydroxyl groups is 1. The van der Waals surface area contributed by atoms with Gasteiger partial charge in [-0.3, -0.25) is 4.68 Å². The quantitative estimate of drug-likeness (QED) is 0.621. The normalized spacial score (nSPS) is 10.4. The van der Waals surface area contributed by atoms with E-state index in [2.05, 4.69) is 10.4 Å². The van der Waals surface area contributed by atoms with Crippen LogP contribution in [-0.4, -0.2) is 28.5 Å². The average molecular weight is 155 g/mol. The lowest BCUT2D eigenvalue weighted by Gasteiger charge is -1.94. The Balaban J connectivity index is 2.51. The molecule has 0 aromatic carbocycles. The predicted molar refractivity (Wildman–Crippen MR) is 42.1 cm³/mol. The maximum absolute atomic E-state index is 8.58. The minimum absolute atomic E-state index is 0.140. The van der Waals surface area contributed by atoms with Gasteiger partial charge >= 0.3 is 0 Å². The maximum atomic E-state index is 8.58. The van der Waals surface area contributed by atoms with Crippen molar-refractivity contribution in [2.75, 3.05) is 13.7 Å². The summed E-state index contributed by atoms with van der Waals surface area (Å²) in [5.74, 6) is 0. The van der Waals surface area contributed by atoms with Crippen molar-refractivity contribution in [2.24, 2.45) is 0 Å². The fraction of sp³-hybridized carbons (Fsp3) is 0.571. The highest BCUT2D eigenvalue weighted by Crippen LogP contribution is 1.95. The summed E-state index contributed by atoms with van der Waals surface area (Å²) in [6.07, 6.45) is 3.72. The Morgan fingerprint density at radius 1 is 1.73 bits per heavy atom. The molecule has 4 heteroatoms. The molecule has 0 bridgehead atoms. The van der Waals surface area contributed by atoms with Gasteiger partial charge in [-0.05, 0) is 7.05 Å². The van der Waals surface area contributed by atoms with Gasteiger partial charge in [-0.1, -0.05) is 0 Å². The highest BCUT2D eigenvalue weighted by molar-refractivity contribution is 5.02. The van der Waals surface area contributed by atoms with Crippen molar-refractivity contribution in [3.8, 4) is 0 Å². The van der Waals surface area contributed by atoms with E-state index in [1.165, 1.54) is 0 Å². The van der Waals surface area contributed by atoms with Crippen LogP contribution in [0.5, 0.6) is 0 Å². The zero-order valence-corrected chi connectivity index (χ0v) is 6.62. The molecule has 0 radical (unpaired) electrons. The molecule has 1 rings (SSSR count). The molecule has 0 amide bonds. The highest BCUT2D eigenvalue weighted by atomic mass is 16.3. The molecule has 0 aliphatic rings. The van der Waals surface area contributed by atoms with E-state index in [9.17, 15) is 0 Å². The predicted octanol–water partition coefficient (Wildman–Crippen LogP) is -0.405. The molecule has 1 aromatic rings. The molecule has 1 heterocycles. The van der Waals surface area contributed by atoms with Crippen LogP contribution < -0.4 is 5.32 Å². The number of rotatable bonds is 4. The Bertz CT molecular complexity index is 189. The van der Waals surface area contributed by atoms with E-state index in [0.717, 1.165) is 12.1 Å². The van der Waals surface area contributed by atoms with Crippen LogP contribution in [0, 0.1) is 0 Å². The summed E-state index contributed by atoms with van der Waals surface area (Å²) >= 11 is 0. The Labute approximate surface area is 65.8 Å². The second-order valence-electron chi connectivity index (χ2n) is 2.37. The van der Waals surface area contributed by atoms with Crippen molar-refractivity contribution in [1.29, 1.82) is 0 Å². The molecule has 11 heavy (non-hydrogen) atoms. The number of nitrogens with one attached hydrogen (secondary N) is 1. The van der Waals surface area contributed by atoms with Gasteiger partial charge in [-0.25, -0.2) is 0 Å². The average Bonchev–Trinajstić information content (AvgIpc) is 2.38. The zero-order valence-electron chi connectivity index (χ0n) is 6.62. The summed E-state index contributed by atoms with van der Waals surface area (Å²) in [6.45, 7) is 1.54. The lowest BCUT2D eigenvalue weighted by Crippen LogP contribution is -2.04. The van der Waals surface area contributed by atoms with Gasteiger partial charge in [0.25, 0.3) is 0 Å². The Morgan fingerprint density at radius 2 is 2.55 bits per heavy atom. The smallest absolute Gasteiger partial charge is 0.0640 e. The van der Waals surface area contributed by atoms with Gasteiger partial charge in [0.2, 0.25) is 0 Å². The Morgan fingerprint density at radius 3 is 3.18 bits per heavy atom. The van der Waals surface area contributed by atoms with E-state index >= 15 is 0 Å². The van der Waals surface area contributed by atoms with Crippen LogP contribution >= 0.6 is 0 Å². The molecule has 0 atom stereocenters. The van der Waals surface area contributed by atoms with Crippen LogP contribution in [0.1, 0.15) is 5.56 Å². The van der Waals surface area contributed by atoms with Crippen LogP contribution in [0.4, 0.5) is 0 Å². The van der Waals surface area contributed by atoms with Crippen molar-refractivity contribution >= 4 is 0 Å². The second-order valence-corrected chi connectivity index (χ2v) is 2.37. The van der Waals surface area contributed by atoms with E-state index < -0.39 is 0 Å². The molecule has 0 aliphatic carbocycles. The Hall–Kier alpha value is -0.870. The summed E-state index contributed by atoms with van der Waals surface area (Å²) in [6, 6.07) is 0. The van der Waals surface area contributed by atoms with E-state index in [4.69, 9.17) is 5.11 Å². The maximum Gasteiger partial charge on any atom is 0.0640 e. The third kappa shape index (κ3) is 2.32. The van der Waals surface area contributed by atoms with Gasteiger partial charge in [-0.15, -0.1) is 0 Å². The molecular formula is C7H13N3O. The van der Waals surface area contributed by atoms with Crippen LogP contribution in [0.25, 0.3) is 0 Å². The molecule has 0 fully saturated rings. The molecular weight excluding hydrogens is 142 g/mol. The van der Waals surface area contributed by atoms with Crippen molar-refractivity contribution in [3.63, 3.8) is 0 Å². The minimum Gasteiger partial charge on any atom is -0.394 e. The second kappa shape index (κ2) is 4.10. The van der Waals surface area contributed by atoms with E-state index in [-0.39, 0.29) is 6.61 Å². The lowest BCUT2D eigenvalue weighted by molar-refractivity contribution is 0.269. The number of hydrogen-bond donors (Lipinski definition) is 2. The summed E-state index contributed by atoms with van der Waals surface area (Å²) in [5, 5.41) is 15.6. The summed E-state index contributed by atoms with van der Waals surface area (Å²) in [7, 11) is 1.89. The molecule has 0 aliphatic heterocycles.